The number of hydrogen-bond donors (Lipinski definition) is 2. The van der Waals surface area contributed by atoms with E-state index in [0.717, 1.165) is 42.2 Å². The fourth-order valence-corrected chi connectivity index (χ4v) is 1.70. The van der Waals surface area contributed by atoms with Crippen molar-refractivity contribution in [3.05, 3.63) is 35.8 Å². The maximum atomic E-state index is 5.50. The highest BCUT2D eigenvalue weighted by Gasteiger charge is 2.04. The molecule has 0 fully saturated rings. The molecule has 0 radical (unpaired) electrons. The lowest BCUT2D eigenvalue weighted by Gasteiger charge is -2.01. The molecule has 0 spiro atoms. The zero-order valence-electron chi connectivity index (χ0n) is 10.1. The van der Waals surface area contributed by atoms with Gasteiger partial charge in [-0.15, -0.1) is 0 Å². The molecule has 0 aliphatic heterocycles. The Hall–Kier alpha value is -1.68. The van der Waals surface area contributed by atoms with Gasteiger partial charge in [-0.05, 0) is 37.9 Å². The highest BCUT2D eigenvalue weighted by molar-refractivity contribution is 5.49. The average Bonchev–Trinajstić information content (AvgIpc) is 2.85. The molecule has 90 valence electrons. The van der Waals surface area contributed by atoms with E-state index in [4.69, 9.17) is 5.73 Å². The van der Waals surface area contributed by atoms with Crippen molar-refractivity contribution in [3.63, 3.8) is 0 Å². The third kappa shape index (κ3) is 2.91. The van der Waals surface area contributed by atoms with E-state index in [0.29, 0.717) is 6.54 Å². The fraction of sp³-hybridized carbons (Fsp3) is 0.385. The summed E-state index contributed by atoms with van der Waals surface area (Å²) in [6.45, 7) is 2.80. The van der Waals surface area contributed by atoms with E-state index in [1.807, 2.05) is 24.4 Å². The summed E-state index contributed by atoms with van der Waals surface area (Å²) in [6.07, 6.45) is 4.71. The monoisotopic (exact) mass is 230 g/mol. The molecule has 0 saturated carbocycles. The van der Waals surface area contributed by atoms with Gasteiger partial charge in [-0.2, -0.15) is 0 Å². The third-order valence-corrected chi connectivity index (χ3v) is 2.70. The Kier molecular flexibility index (Phi) is 3.88. The number of aryl methyl sites for hydroxylation is 2. The summed E-state index contributed by atoms with van der Waals surface area (Å²) >= 11 is 0. The summed E-state index contributed by atoms with van der Waals surface area (Å²) in [4.78, 5) is 12.2. The molecule has 0 bridgehead atoms. The van der Waals surface area contributed by atoms with Crippen LogP contribution in [0, 0.1) is 0 Å². The van der Waals surface area contributed by atoms with Gasteiger partial charge in [0, 0.05) is 17.6 Å². The summed E-state index contributed by atoms with van der Waals surface area (Å²) in [5.41, 5.74) is 8.61. The Bertz CT molecular complexity index is 476. The molecule has 0 aromatic carbocycles. The number of nitrogens with two attached hydrogens (primary N) is 1. The van der Waals surface area contributed by atoms with Crippen molar-refractivity contribution in [3.8, 4) is 11.5 Å². The molecule has 0 unspecified atom stereocenters. The normalized spacial score (nSPS) is 10.7. The smallest absolute Gasteiger partial charge is 0.156 e. The summed E-state index contributed by atoms with van der Waals surface area (Å²) in [5, 5.41) is 0. The van der Waals surface area contributed by atoms with Crippen molar-refractivity contribution in [2.75, 3.05) is 6.54 Å². The fourth-order valence-electron chi connectivity index (χ4n) is 1.70. The summed E-state index contributed by atoms with van der Waals surface area (Å²) in [5.74, 6) is 0.844. The second kappa shape index (κ2) is 5.59. The van der Waals surface area contributed by atoms with Crippen LogP contribution in [0.5, 0.6) is 0 Å². The first-order valence-electron chi connectivity index (χ1n) is 6.03. The molecule has 17 heavy (non-hydrogen) atoms. The van der Waals surface area contributed by atoms with Crippen molar-refractivity contribution < 1.29 is 0 Å². The Morgan fingerprint density at radius 3 is 2.94 bits per heavy atom. The van der Waals surface area contributed by atoms with Crippen LogP contribution in [0.4, 0.5) is 0 Å². The van der Waals surface area contributed by atoms with Gasteiger partial charge in [0.05, 0.1) is 0 Å². The van der Waals surface area contributed by atoms with Crippen LogP contribution in [-0.2, 0) is 12.8 Å². The Balaban J connectivity index is 2.20. The number of H-pyrrole nitrogens is 1. The highest BCUT2D eigenvalue weighted by atomic mass is 14.9. The number of aromatic amines is 1. The lowest BCUT2D eigenvalue weighted by molar-refractivity contribution is 0.811. The first-order valence-corrected chi connectivity index (χ1v) is 6.03. The van der Waals surface area contributed by atoms with Crippen molar-refractivity contribution in [1.82, 2.24) is 15.0 Å². The highest BCUT2D eigenvalue weighted by Crippen LogP contribution is 2.14. The molecule has 2 heterocycles. The van der Waals surface area contributed by atoms with E-state index >= 15 is 0 Å². The zero-order valence-corrected chi connectivity index (χ0v) is 10.1. The first-order chi connectivity index (χ1) is 8.33. The number of nitrogens with zero attached hydrogens (tertiary/aromatic N) is 2. The Morgan fingerprint density at radius 2 is 2.24 bits per heavy atom. The molecular formula is C13H18N4. The molecule has 2 rings (SSSR count). The number of pyridine rings is 1. The maximum absolute atomic E-state index is 5.50. The van der Waals surface area contributed by atoms with Crippen LogP contribution in [0.2, 0.25) is 0 Å². The van der Waals surface area contributed by atoms with Gasteiger partial charge in [-0.1, -0.05) is 13.0 Å². The molecule has 2 aromatic heterocycles. The van der Waals surface area contributed by atoms with Crippen LogP contribution in [0.25, 0.3) is 11.5 Å². The van der Waals surface area contributed by atoms with Crippen LogP contribution >= 0.6 is 0 Å². The molecule has 0 saturated heterocycles. The van der Waals surface area contributed by atoms with Gasteiger partial charge in [-0.25, -0.2) is 9.97 Å². The van der Waals surface area contributed by atoms with E-state index in [-0.39, 0.29) is 0 Å². The van der Waals surface area contributed by atoms with Gasteiger partial charge < -0.3 is 10.7 Å². The topological polar surface area (TPSA) is 67.6 Å². The lowest BCUT2D eigenvalue weighted by Crippen LogP contribution is -2.02. The molecular weight excluding hydrogens is 212 g/mol. The number of rotatable bonds is 5. The van der Waals surface area contributed by atoms with Gasteiger partial charge >= 0.3 is 0 Å². The van der Waals surface area contributed by atoms with E-state index in [9.17, 15) is 0 Å². The van der Waals surface area contributed by atoms with Crippen LogP contribution in [0.3, 0.4) is 0 Å². The van der Waals surface area contributed by atoms with Gasteiger partial charge in [0.15, 0.2) is 5.82 Å². The summed E-state index contributed by atoms with van der Waals surface area (Å²) in [6, 6.07) is 6.02. The van der Waals surface area contributed by atoms with Crippen LogP contribution in [0.1, 0.15) is 24.7 Å². The largest absolute Gasteiger partial charge is 0.341 e. The van der Waals surface area contributed by atoms with Crippen molar-refractivity contribution >= 4 is 0 Å². The minimum Gasteiger partial charge on any atom is -0.341 e. The van der Waals surface area contributed by atoms with Crippen LogP contribution < -0.4 is 5.73 Å². The molecule has 4 nitrogen and oxygen atoms in total. The second-order valence-corrected chi connectivity index (χ2v) is 4.02. The predicted molar refractivity (Wildman–Crippen MR) is 68.6 cm³/mol. The zero-order chi connectivity index (χ0) is 12.1. The molecule has 0 amide bonds. The van der Waals surface area contributed by atoms with E-state index in [1.54, 1.807) is 0 Å². The number of aromatic nitrogens is 3. The standard InChI is InChI=1S/C13H18N4/c1-2-10-9-15-13(17-10)12-7-3-5-11(16-12)6-4-8-14/h3,5,7,9H,2,4,6,8,14H2,1H3,(H,15,17). The molecule has 2 aromatic rings. The summed E-state index contributed by atoms with van der Waals surface area (Å²) in [7, 11) is 0. The summed E-state index contributed by atoms with van der Waals surface area (Å²) < 4.78 is 0. The van der Waals surface area contributed by atoms with E-state index in [1.165, 1.54) is 0 Å². The van der Waals surface area contributed by atoms with Gasteiger partial charge in [0.1, 0.15) is 5.69 Å². The third-order valence-electron chi connectivity index (χ3n) is 2.70. The van der Waals surface area contributed by atoms with Crippen molar-refractivity contribution in [1.29, 1.82) is 0 Å². The van der Waals surface area contributed by atoms with Crippen LogP contribution in [-0.4, -0.2) is 21.5 Å². The van der Waals surface area contributed by atoms with E-state index < -0.39 is 0 Å². The van der Waals surface area contributed by atoms with Crippen molar-refractivity contribution in [2.45, 2.75) is 26.2 Å². The SMILES string of the molecule is CCc1cnc(-c2cccc(CCCN)n2)[nH]1. The lowest BCUT2D eigenvalue weighted by atomic mass is 10.2. The maximum Gasteiger partial charge on any atom is 0.156 e. The quantitative estimate of drug-likeness (QED) is 0.824. The van der Waals surface area contributed by atoms with Crippen LogP contribution in [0.15, 0.2) is 24.4 Å². The molecule has 4 heteroatoms. The van der Waals surface area contributed by atoms with Gasteiger partial charge in [0.2, 0.25) is 0 Å². The minimum absolute atomic E-state index is 0.701. The molecule has 0 aliphatic carbocycles. The molecule has 0 atom stereocenters. The minimum atomic E-state index is 0.701. The predicted octanol–water partition coefficient (Wildman–Crippen LogP) is 1.93. The number of imidazole rings is 1. The van der Waals surface area contributed by atoms with Crippen molar-refractivity contribution in [2.24, 2.45) is 5.73 Å². The number of hydrogen-bond acceptors (Lipinski definition) is 3. The number of nitrogens with one attached hydrogen (secondary N) is 1. The average molecular weight is 230 g/mol. The van der Waals surface area contributed by atoms with Gasteiger partial charge in [0.25, 0.3) is 0 Å². The first kappa shape index (κ1) is 11.8. The second-order valence-electron chi connectivity index (χ2n) is 4.02. The Morgan fingerprint density at radius 1 is 1.35 bits per heavy atom. The Labute approximate surface area is 101 Å². The van der Waals surface area contributed by atoms with Gasteiger partial charge in [-0.3, -0.25) is 0 Å². The molecule has 0 aliphatic rings. The van der Waals surface area contributed by atoms with E-state index in [2.05, 4.69) is 21.9 Å². The molecule has 3 N–H and O–H groups in total.